The van der Waals surface area contributed by atoms with E-state index in [4.69, 9.17) is 12.2 Å². The van der Waals surface area contributed by atoms with E-state index in [0.29, 0.717) is 29.4 Å². The molecule has 0 radical (unpaired) electrons. The van der Waals surface area contributed by atoms with Crippen LogP contribution in [0.5, 0.6) is 0 Å². The molecule has 1 fully saturated rings. The molecule has 0 bridgehead atoms. The molecule has 1 amide bonds. The number of hydrogen-bond acceptors (Lipinski definition) is 2. The third kappa shape index (κ3) is 5.20. The summed E-state index contributed by atoms with van der Waals surface area (Å²) < 4.78 is 0. The van der Waals surface area contributed by atoms with Gasteiger partial charge in [0.05, 0.1) is 6.42 Å². The lowest BCUT2D eigenvalue weighted by Crippen LogP contribution is -2.52. The van der Waals surface area contributed by atoms with Crippen molar-refractivity contribution < 1.29 is 4.79 Å². The molecule has 0 aromatic heterocycles. The van der Waals surface area contributed by atoms with Gasteiger partial charge in [0.1, 0.15) is 0 Å². The number of carbonyl (C=O) groups excluding carboxylic acids is 1. The quantitative estimate of drug-likeness (QED) is 0.581. The standard InChI is InChI=1S/C19H29N3OS/c1-12-8-9-16(10-14(12)3)11-18(23)21-22-19(24)20-17-7-5-6-13(2)15(17)4/h8-10,13,15,17H,5-7,11H2,1-4H3,(H,21,23)(H2,20,22,24)/t13-,15+,17-/m1/s1. The summed E-state index contributed by atoms with van der Waals surface area (Å²) in [5, 5.41) is 3.84. The second-order valence-corrected chi connectivity index (χ2v) is 7.52. The Kier molecular flexibility index (Phi) is 6.60. The Morgan fingerprint density at radius 1 is 1.17 bits per heavy atom. The van der Waals surface area contributed by atoms with Crippen LogP contribution in [0.4, 0.5) is 0 Å². The van der Waals surface area contributed by atoms with Crippen molar-refractivity contribution in [2.75, 3.05) is 0 Å². The topological polar surface area (TPSA) is 53.2 Å². The molecule has 1 aliphatic rings. The summed E-state index contributed by atoms with van der Waals surface area (Å²) >= 11 is 5.31. The highest BCUT2D eigenvalue weighted by Gasteiger charge is 2.27. The van der Waals surface area contributed by atoms with Crippen molar-refractivity contribution in [2.45, 2.75) is 59.4 Å². The van der Waals surface area contributed by atoms with Crippen molar-refractivity contribution in [1.82, 2.24) is 16.2 Å². The van der Waals surface area contributed by atoms with Gasteiger partial charge >= 0.3 is 0 Å². The Hall–Kier alpha value is -1.62. The van der Waals surface area contributed by atoms with Crippen LogP contribution in [0, 0.1) is 25.7 Å². The number of rotatable bonds is 3. The van der Waals surface area contributed by atoms with Crippen LogP contribution < -0.4 is 16.2 Å². The third-order valence-corrected chi connectivity index (χ3v) is 5.49. The first-order valence-electron chi connectivity index (χ1n) is 8.78. The first-order valence-corrected chi connectivity index (χ1v) is 9.19. The molecular weight excluding hydrogens is 318 g/mol. The first kappa shape index (κ1) is 18.7. The molecule has 0 spiro atoms. The summed E-state index contributed by atoms with van der Waals surface area (Å²) in [7, 11) is 0. The molecule has 0 aliphatic heterocycles. The van der Waals surface area contributed by atoms with E-state index >= 15 is 0 Å². The summed E-state index contributed by atoms with van der Waals surface area (Å²) in [5.74, 6) is 1.20. The van der Waals surface area contributed by atoms with E-state index < -0.39 is 0 Å². The molecule has 5 heteroatoms. The van der Waals surface area contributed by atoms with Crippen molar-refractivity contribution in [2.24, 2.45) is 11.8 Å². The summed E-state index contributed by atoms with van der Waals surface area (Å²) in [6.45, 7) is 8.68. The minimum Gasteiger partial charge on any atom is -0.358 e. The minimum absolute atomic E-state index is 0.0903. The van der Waals surface area contributed by atoms with E-state index in [-0.39, 0.29) is 5.91 Å². The molecular formula is C19H29N3OS. The molecule has 1 aromatic rings. The Balaban J connectivity index is 1.76. The molecule has 3 N–H and O–H groups in total. The molecule has 0 heterocycles. The van der Waals surface area contributed by atoms with Gasteiger partial charge in [-0.3, -0.25) is 15.6 Å². The molecule has 132 valence electrons. The largest absolute Gasteiger partial charge is 0.358 e. The molecule has 0 unspecified atom stereocenters. The maximum absolute atomic E-state index is 12.1. The number of aryl methyl sites for hydroxylation is 2. The zero-order valence-corrected chi connectivity index (χ0v) is 15.9. The highest BCUT2D eigenvalue weighted by atomic mass is 32.1. The smallest absolute Gasteiger partial charge is 0.242 e. The van der Waals surface area contributed by atoms with Crippen LogP contribution in [0.1, 0.15) is 49.8 Å². The van der Waals surface area contributed by atoms with Crippen molar-refractivity contribution in [1.29, 1.82) is 0 Å². The van der Waals surface area contributed by atoms with Gasteiger partial charge in [0, 0.05) is 6.04 Å². The van der Waals surface area contributed by atoms with Gasteiger partial charge in [0.2, 0.25) is 5.91 Å². The SMILES string of the molecule is Cc1ccc(CC(=O)NNC(=S)N[C@@H]2CCC[C@@H](C)[C@@H]2C)cc1C. The maximum atomic E-state index is 12.1. The number of amides is 1. The number of thiocarbonyl (C=S) groups is 1. The van der Waals surface area contributed by atoms with Crippen molar-refractivity contribution >= 4 is 23.2 Å². The van der Waals surface area contributed by atoms with E-state index in [1.54, 1.807) is 0 Å². The van der Waals surface area contributed by atoms with E-state index in [9.17, 15) is 4.79 Å². The van der Waals surface area contributed by atoms with Crippen LogP contribution in [-0.4, -0.2) is 17.1 Å². The number of hydrogen-bond donors (Lipinski definition) is 3. The van der Waals surface area contributed by atoms with Gasteiger partial charge in [-0.1, -0.05) is 44.9 Å². The van der Waals surface area contributed by atoms with Gasteiger partial charge in [-0.25, -0.2) is 0 Å². The van der Waals surface area contributed by atoms with Crippen molar-refractivity contribution in [3.05, 3.63) is 34.9 Å². The molecule has 24 heavy (non-hydrogen) atoms. The Bertz CT molecular complexity index is 602. The molecule has 3 atom stereocenters. The maximum Gasteiger partial charge on any atom is 0.242 e. The van der Waals surface area contributed by atoms with Crippen LogP contribution >= 0.6 is 12.2 Å². The van der Waals surface area contributed by atoms with E-state index in [1.165, 1.54) is 24.0 Å². The number of nitrogens with one attached hydrogen (secondary N) is 3. The van der Waals surface area contributed by atoms with Crippen LogP contribution in [0.25, 0.3) is 0 Å². The van der Waals surface area contributed by atoms with Crippen LogP contribution in [0.15, 0.2) is 18.2 Å². The van der Waals surface area contributed by atoms with Gasteiger partial charge in [-0.15, -0.1) is 0 Å². The lowest BCUT2D eigenvalue weighted by molar-refractivity contribution is -0.121. The van der Waals surface area contributed by atoms with Crippen LogP contribution in [0.2, 0.25) is 0 Å². The molecule has 0 saturated heterocycles. The fourth-order valence-corrected chi connectivity index (χ4v) is 3.46. The summed E-state index contributed by atoms with van der Waals surface area (Å²) in [4.78, 5) is 12.1. The Labute approximate surface area is 150 Å². The summed E-state index contributed by atoms with van der Waals surface area (Å²) in [6.07, 6.45) is 3.98. The van der Waals surface area contributed by atoms with E-state index in [0.717, 1.165) is 12.0 Å². The second-order valence-electron chi connectivity index (χ2n) is 7.12. The Morgan fingerprint density at radius 2 is 1.92 bits per heavy atom. The predicted octanol–water partition coefficient (Wildman–Crippen LogP) is 3.17. The number of hydrazine groups is 1. The Morgan fingerprint density at radius 3 is 2.62 bits per heavy atom. The first-order chi connectivity index (χ1) is 11.4. The molecule has 4 nitrogen and oxygen atoms in total. The fourth-order valence-electron chi connectivity index (χ4n) is 3.26. The van der Waals surface area contributed by atoms with Gasteiger partial charge in [0.15, 0.2) is 5.11 Å². The van der Waals surface area contributed by atoms with E-state index in [2.05, 4.69) is 49.9 Å². The lowest BCUT2D eigenvalue weighted by atomic mass is 9.78. The summed E-state index contributed by atoms with van der Waals surface area (Å²) in [5.41, 5.74) is 8.96. The normalized spacial score (nSPS) is 23.4. The number of benzene rings is 1. The molecule has 1 saturated carbocycles. The fraction of sp³-hybridized carbons (Fsp3) is 0.579. The van der Waals surface area contributed by atoms with Gasteiger partial charge in [0.25, 0.3) is 0 Å². The monoisotopic (exact) mass is 347 g/mol. The van der Waals surface area contributed by atoms with Crippen LogP contribution in [-0.2, 0) is 11.2 Å². The molecule has 1 aromatic carbocycles. The zero-order chi connectivity index (χ0) is 17.7. The lowest BCUT2D eigenvalue weighted by Gasteiger charge is -2.35. The van der Waals surface area contributed by atoms with Gasteiger partial charge in [-0.2, -0.15) is 0 Å². The van der Waals surface area contributed by atoms with Crippen molar-refractivity contribution in [3.63, 3.8) is 0 Å². The number of carbonyl (C=O) groups is 1. The second kappa shape index (κ2) is 8.47. The third-order valence-electron chi connectivity index (χ3n) is 5.27. The van der Waals surface area contributed by atoms with Crippen molar-refractivity contribution in [3.8, 4) is 0 Å². The minimum atomic E-state index is -0.0903. The van der Waals surface area contributed by atoms with Gasteiger partial charge in [-0.05, 0) is 61.0 Å². The average Bonchev–Trinajstić information content (AvgIpc) is 2.53. The highest BCUT2D eigenvalue weighted by Crippen LogP contribution is 2.29. The van der Waals surface area contributed by atoms with Gasteiger partial charge < -0.3 is 5.32 Å². The molecule has 2 rings (SSSR count). The molecule has 1 aliphatic carbocycles. The predicted molar refractivity (Wildman–Crippen MR) is 103 cm³/mol. The highest BCUT2D eigenvalue weighted by molar-refractivity contribution is 7.80. The summed E-state index contributed by atoms with van der Waals surface area (Å²) in [6, 6.07) is 6.47. The van der Waals surface area contributed by atoms with E-state index in [1.807, 2.05) is 12.1 Å². The van der Waals surface area contributed by atoms with Crippen LogP contribution in [0.3, 0.4) is 0 Å². The average molecular weight is 348 g/mol. The zero-order valence-electron chi connectivity index (χ0n) is 15.1.